The number of carbonyl (C=O) groups excluding carboxylic acids is 1. The molecule has 0 spiro atoms. The van der Waals surface area contributed by atoms with Crippen LogP contribution in [0.4, 0.5) is 0 Å². The van der Waals surface area contributed by atoms with Gasteiger partial charge < -0.3 is 9.15 Å². The summed E-state index contributed by atoms with van der Waals surface area (Å²) in [6, 6.07) is 5.75. The van der Waals surface area contributed by atoms with Crippen LogP contribution in [0.5, 0.6) is 0 Å². The molecule has 0 amide bonds. The zero-order valence-electron chi connectivity index (χ0n) is 14.7. The lowest BCUT2D eigenvalue weighted by Gasteiger charge is -2.32. The Morgan fingerprint density at radius 3 is 2.62 bits per heavy atom. The van der Waals surface area contributed by atoms with Gasteiger partial charge in [0.2, 0.25) is 15.9 Å². The first-order valence-electron chi connectivity index (χ1n) is 8.46. The average Bonchev–Trinajstić information content (AvgIpc) is 3.05. The van der Waals surface area contributed by atoms with Crippen molar-refractivity contribution >= 4 is 16.0 Å². The summed E-state index contributed by atoms with van der Waals surface area (Å²) in [5, 5.41) is 7.39. The summed E-state index contributed by atoms with van der Waals surface area (Å²) < 4.78 is 37.3. The second kappa shape index (κ2) is 7.55. The van der Waals surface area contributed by atoms with Crippen molar-refractivity contribution in [3.05, 3.63) is 41.6 Å². The van der Waals surface area contributed by atoms with Gasteiger partial charge in [0.15, 0.2) is 6.61 Å². The molecule has 1 aliphatic heterocycles. The van der Waals surface area contributed by atoms with E-state index < -0.39 is 16.0 Å². The van der Waals surface area contributed by atoms with E-state index in [1.165, 1.54) is 28.6 Å². The Labute approximate surface area is 152 Å². The highest BCUT2D eigenvalue weighted by molar-refractivity contribution is 7.89. The monoisotopic (exact) mass is 379 g/mol. The Bertz CT molecular complexity index is 876. The van der Waals surface area contributed by atoms with E-state index in [-0.39, 0.29) is 29.0 Å². The van der Waals surface area contributed by atoms with E-state index in [2.05, 4.69) is 10.2 Å². The van der Waals surface area contributed by atoms with Crippen molar-refractivity contribution < 1.29 is 22.4 Å². The van der Waals surface area contributed by atoms with Gasteiger partial charge in [0.05, 0.1) is 10.5 Å². The highest BCUT2D eigenvalue weighted by Gasteiger charge is 2.30. The van der Waals surface area contributed by atoms with Crippen LogP contribution in [0.3, 0.4) is 0 Å². The maximum absolute atomic E-state index is 12.8. The third kappa shape index (κ3) is 3.94. The number of hydrogen-bond donors (Lipinski definition) is 0. The Kier molecular flexibility index (Phi) is 5.38. The zero-order valence-corrected chi connectivity index (χ0v) is 15.5. The predicted octanol–water partition coefficient (Wildman–Crippen LogP) is 2.30. The summed E-state index contributed by atoms with van der Waals surface area (Å²) in [6.07, 6.45) is 2.76. The summed E-state index contributed by atoms with van der Waals surface area (Å²) in [6.45, 7) is 3.95. The second-order valence-corrected chi connectivity index (χ2v) is 8.17. The number of hydrogen-bond acceptors (Lipinski definition) is 7. The number of piperidine rings is 1. The second-order valence-electron chi connectivity index (χ2n) is 6.28. The first-order valence-corrected chi connectivity index (χ1v) is 9.90. The number of aromatic nitrogens is 2. The summed E-state index contributed by atoms with van der Waals surface area (Å²) in [5.41, 5.74) is 0.256. The molecule has 0 N–H and O–H groups in total. The van der Waals surface area contributed by atoms with E-state index in [0.717, 1.165) is 19.3 Å². The molecular weight excluding hydrogens is 358 g/mol. The first kappa shape index (κ1) is 18.5. The van der Waals surface area contributed by atoms with Crippen LogP contribution in [-0.2, 0) is 21.4 Å². The SMILES string of the molecule is Cc1nnc(COC(=O)c2ccc(S(=O)(=O)N3CCCC[C@@H]3C)cc2)o1. The average molecular weight is 379 g/mol. The Morgan fingerprint density at radius 2 is 2.00 bits per heavy atom. The van der Waals surface area contributed by atoms with Gasteiger partial charge in [-0.25, -0.2) is 13.2 Å². The van der Waals surface area contributed by atoms with Gasteiger partial charge in [-0.3, -0.25) is 0 Å². The number of carbonyl (C=O) groups is 1. The van der Waals surface area contributed by atoms with Crippen molar-refractivity contribution in [3.8, 4) is 0 Å². The minimum absolute atomic E-state index is 0.0174. The molecule has 0 aliphatic carbocycles. The van der Waals surface area contributed by atoms with Crippen molar-refractivity contribution in [2.45, 2.75) is 50.7 Å². The lowest BCUT2D eigenvalue weighted by Crippen LogP contribution is -2.41. The Hall–Kier alpha value is -2.26. The summed E-state index contributed by atoms with van der Waals surface area (Å²) in [5.74, 6) is 0.00262. The molecule has 1 saturated heterocycles. The number of ether oxygens (including phenoxy) is 1. The van der Waals surface area contributed by atoms with E-state index in [4.69, 9.17) is 9.15 Å². The van der Waals surface area contributed by atoms with Crippen LogP contribution in [0.2, 0.25) is 0 Å². The number of rotatable bonds is 5. The number of nitrogens with zero attached hydrogens (tertiary/aromatic N) is 3. The van der Waals surface area contributed by atoms with Crippen LogP contribution in [-0.4, -0.2) is 41.5 Å². The van der Waals surface area contributed by atoms with E-state index in [1.807, 2.05) is 6.92 Å². The molecule has 8 nitrogen and oxygen atoms in total. The lowest BCUT2D eigenvalue weighted by molar-refractivity contribution is 0.0436. The molecule has 1 aromatic heterocycles. The Balaban J connectivity index is 1.68. The fourth-order valence-electron chi connectivity index (χ4n) is 2.93. The van der Waals surface area contributed by atoms with Crippen molar-refractivity contribution in [1.29, 1.82) is 0 Å². The molecule has 1 aromatic carbocycles. The summed E-state index contributed by atoms with van der Waals surface area (Å²) in [7, 11) is -3.56. The van der Waals surface area contributed by atoms with E-state index in [1.54, 1.807) is 6.92 Å². The zero-order chi connectivity index (χ0) is 18.7. The van der Waals surface area contributed by atoms with Crippen LogP contribution in [0.1, 0.15) is 48.3 Å². The molecule has 0 bridgehead atoms. The molecule has 1 fully saturated rings. The summed E-state index contributed by atoms with van der Waals surface area (Å²) in [4.78, 5) is 12.2. The molecule has 0 saturated carbocycles. The van der Waals surface area contributed by atoms with Gasteiger partial charge in [0.1, 0.15) is 0 Å². The van der Waals surface area contributed by atoms with Gasteiger partial charge in [0, 0.05) is 19.5 Å². The maximum Gasteiger partial charge on any atom is 0.338 e. The van der Waals surface area contributed by atoms with Crippen LogP contribution in [0.25, 0.3) is 0 Å². The third-order valence-electron chi connectivity index (χ3n) is 4.33. The van der Waals surface area contributed by atoms with Crippen LogP contribution in [0, 0.1) is 6.92 Å². The van der Waals surface area contributed by atoms with E-state index in [9.17, 15) is 13.2 Å². The lowest BCUT2D eigenvalue weighted by atomic mass is 10.1. The molecule has 1 aliphatic rings. The first-order chi connectivity index (χ1) is 12.4. The van der Waals surface area contributed by atoms with Crippen molar-refractivity contribution in [3.63, 3.8) is 0 Å². The highest BCUT2D eigenvalue weighted by Crippen LogP contribution is 2.25. The quantitative estimate of drug-likeness (QED) is 0.734. The van der Waals surface area contributed by atoms with Crippen LogP contribution < -0.4 is 0 Å². The van der Waals surface area contributed by atoms with Gasteiger partial charge in [-0.2, -0.15) is 4.31 Å². The largest absolute Gasteiger partial charge is 0.452 e. The van der Waals surface area contributed by atoms with E-state index >= 15 is 0 Å². The van der Waals surface area contributed by atoms with Crippen molar-refractivity contribution in [2.75, 3.05) is 6.54 Å². The molecule has 9 heteroatoms. The fourth-order valence-corrected chi connectivity index (χ4v) is 4.63. The van der Waals surface area contributed by atoms with Crippen LogP contribution >= 0.6 is 0 Å². The molecule has 26 heavy (non-hydrogen) atoms. The molecular formula is C17H21N3O5S. The van der Waals surface area contributed by atoms with Crippen molar-refractivity contribution in [1.82, 2.24) is 14.5 Å². The van der Waals surface area contributed by atoms with Crippen LogP contribution in [0.15, 0.2) is 33.6 Å². The smallest absolute Gasteiger partial charge is 0.338 e. The topological polar surface area (TPSA) is 103 Å². The van der Waals surface area contributed by atoms with Gasteiger partial charge in [-0.1, -0.05) is 6.42 Å². The number of benzene rings is 1. The van der Waals surface area contributed by atoms with Crippen molar-refractivity contribution in [2.24, 2.45) is 0 Å². The molecule has 2 heterocycles. The number of aryl methyl sites for hydroxylation is 1. The number of sulfonamides is 1. The Morgan fingerprint density at radius 1 is 1.27 bits per heavy atom. The standard InChI is InChI=1S/C17H21N3O5S/c1-12-5-3-4-10-20(12)26(22,23)15-8-6-14(7-9-15)17(21)24-11-16-19-18-13(2)25-16/h6-9,12H,3-5,10-11H2,1-2H3/t12-/m0/s1. The van der Waals surface area contributed by atoms with Gasteiger partial charge >= 0.3 is 5.97 Å². The minimum atomic E-state index is -3.56. The van der Waals surface area contributed by atoms with Gasteiger partial charge in [-0.15, -0.1) is 10.2 Å². The van der Waals surface area contributed by atoms with E-state index in [0.29, 0.717) is 12.4 Å². The normalized spacial score (nSPS) is 18.6. The molecule has 1 atom stereocenters. The highest BCUT2D eigenvalue weighted by atomic mass is 32.2. The van der Waals surface area contributed by atoms with Gasteiger partial charge in [0.25, 0.3) is 5.89 Å². The molecule has 3 rings (SSSR count). The molecule has 0 unspecified atom stereocenters. The minimum Gasteiger partial charge on any atom is -0.452 e. The molecule has 2 aromatic rings. The summed E-state index contributed by atoms with van der Waals surface area (Å²) >= 11 is 0. The fraction of sp³-hybridized carbons (Fsp3) is 0.471. The molecule has 140 valence electrons. The third-order valence-corrected chi connectivity index (χ3v) is 6.36. The maximum atomic E-state index is 12.8. The molecule has 0 radical (unpaired) electrons. The van der Waals surface area contributed by atoms with Gasteiger partial charge in [-0.05, 0) is 44.0 Å². The predicted molar refractivity (Wildman–Crippen MR) is 91.8 cm³/mol. The number of esters is 1.